The van der Waals surface area contributed by atoms with Crippen molar-refractivity contribution in [3.05, 3.63) is 60.8 Å². The van der Waals surface area contributed by atoms with E-state index in [1.807, 2.05) is 6.08 Å². The molecule has 0 aliphatic carbocycles. The maximum absolute atomic E-state index is 10.2. The van der Waals surface area contributed by atoms with Gasteiger partial charge in [0.15, 0.2) is 0 Å². The first-order valence-electron chi connectivity index (χ1n) is 10.7. The number of aliphatic hydroxyl groups is 1. The molecule has 0 heterocycles. The SMILES string of the molecule is CC/C=C\C/C=C\C/C=C\C/C=C\C/C=C\CCCC(=O)[O-].C[N+](C)(C)CCO. The molecule has 0 fully saturated rings. The smallest absolute Gasteiger partial charge is 0.101 e. The molecule has 166 valence electrons. The zero-order chi connectivity index (χ0) is 22.2. The van der Waals surface area contributed by atoms with Crippen molar-refractivity contribution in [2.75, 3.05) is 34.3 Å². The highest BCUT2D eigenvalue weighted by Crippen LogP contribution is 1.98. The van der Waals surface area contributed by atoms with Crippen LogP contribution in [0.1, 0.15) is 58.3 Å². The molecule has 0 atom stereocenters. The number of likely N-dealkylation sites (N-methyl/N-ethyl adjacent to an activating group) is 1. The summed E-state index contributed by atoms with van der Waals surface area (Å²) in [5.41, 5.74) is 0. The number of hydrogen-bond acceptors (Lipinski definition) is 3. The van der Waals surface area contributed by atoms with E-state index < -0.39 is 5.97 Å². The molecule has 1 N–H and O–H groups in total. The molecule has 0 unspecified atom stereocenters. The summed E-state index contributed by atoms with van der Waals surface area (Å²) in [5.74, 6) is -0.965. The Hall–Kier alpha value is -1.91. The number of allylic oxidation sites excluding steroid dienone is 10. The Morgan fingerprint density at radius 2 is 1.21 bits per heavy atom. The van der Waals surface area contributed by atoms with Crippen molar-refractivity contribution in [1.29, 1.82) is 0 Å². The number of aliphatic hydroxyl groups excluding tert-OH is 1. The molecule has 0 bridgehead atoms. The number of carboxylic acids is 1. The summed E-state index contributed by atoms with van der Waals surface area (Å²) in [6, 6.07) is 0. The molecule has 4 nitrogen and oxygen atoms in total. The lowest BCUT2D eigenvalue weighted by molar-refractivity contribution is -0.870. The summed E-state index contributed by atoms with van der Waals surface area (Å²) in [4.78, 5) is 10.2. The van der Waals surface area contributed by atoms with Crippen molar-refractivity contribution in [3.63, 3.8) is 0 Å². The number of aliphatic carboxylic acids is 1. The van der Waals surface area contributed by atoms with Crippen LogP contribution in [0.3, 0.4) is 0 Å². The lowest BCUT2D eigenvalue weighted by Crippen LogP contribution is -2.36. The molecule has 0 radical (unpaired) electrons. The normalized spacial score (nSPS) is 12.6. The fourth-order valence-corrected chi connectivity index (χ4v) is 2.03. The van der Waals surface area contributed by atoms with E-state index in [1.165, 1.54) is 0 Å². The van der Waals surface area contributed by atoms with Crippen molar-refractivity contribution in [3.8, 4) is 0 Å². The topological polar surface area (TPSA) is 60.4 Å². The van der Waals surface area contributed by atoms with E-state index in [9.17, 15) is 9.90 Å². The first-order chi connectivity index (χ1) is 13.8. The van der Waals surface area contributed by atoms with E-state index in [2.05, 4.69) is 82.8 Å². The summed E-state index contributed by atoms with van der Waals surface area (Å²) in [6.07, 6.45) is 28.1. The molecule has 29 heavy (non-hydrogen) atoms. The highest BCUT2D eigenvalue weighted by atomic mass is 16.4. The highest BCUT2D eigenvalue weighted by molar-refractivity contribution is 5.64. The summed E-state index contributed by atoms with van der Waals surface area (Å²) in [6.45, 7) is 3.26. The van der Waals surface area contributed by atoms with Gasteiger partial charge in [0.2, 0.25) is 0 Å². The van der Waals surface area contributed by atoms with Gasteiger partial charge in [0.25, 0.3) is 0 Å². The van der Waals surface area contributed by atoms with E-state index in [1.54, 1.807) is 0 Å². The second-order valence-corrected chi connectivity index (χ2v) is 7.71. The van der Waals surface area contributed by atoms with Gasteiger partial charge in [0.05, 0.1) is 27.7 Å². The fraction of sp³-hybridized carbons (Fsp3) is 0.560. The third-order valence-electron chi connectivity index (χ3n) is 3.68. The third kappa shape index (κ3) is 34.0. The van der Waals surface area contributed by atoms with Crippen LogP contribution in [0.15, 0.2) is 60.8 Å². The Kier molecular flexibility index (Phi) is 22.6. The van der Waals surface area contributed by atoms with Crippen molar-refractivity contribution in [1.82, 2.24) is 0 Å². The third-order valence-corrected chi connectivity index (χ3v) is 3.68. The van der Waals surface area contributed by atoms with Crippen molar-refractivity contribution >= 4 is 5.97 Å². The molecular weight excluding hydrogens is 362 g/mol. The molecular formula is C25H43NO3. The Balaban J connectivity index is 0. The highest BCUT2D eigenvalue weighted by Gasteiger charge is 2.02. The molecule has 4 heteroatoms. The summed E-state index contributed by atoms with van der Waals surface area (Å²) in [7, 11) is 6.16. The van der Waals surface area contributed by atoms with Gasteiger partial charge < -0.3 is 19.5 Å². The first-order valence-corrected chi connectivity index (χ1v) is 10.7. The van der Waals surface area contributed by atoms with Crippen LogP contribution in [0.5, 0.6) is 0 Å². The van der Waals surface area contributed by atoms with E-state index in [-0.39, 0.29) is 13.0 Å². The Morgan fingerprint density at radius 1 is 0.793 bits per heavy atom. The van der Waals surface area contributed by atoms with Gasteiger partial charge in [0.1, 0.15) is 6.54 Å². The van der Waals surface area contributed by atoms with Crippen molar-refractivity contribution in [2.24, 2.45) is 0 Å². The minimum Gasteiger partial charge on any atom is -0.550 e. The predicted molar refractivity (Wildman–Crippen MR) is 123 cm³/mol. The zero-order valence-electron chi connectivity index (χ0n) is 19.1. The maximum atomic E-state index is 10.2. The van der Waals surface area contributed by atoms with Crippen molar-refractivity contribution in [2.45, 2.75) is 58.3 Å². The van der Waals surface area contributed by atoms with Crippen LogP contribution in [0.4, 0.5) is 0 Å². The van der Waals surface area contributed by atoms with Crippen LogP contribution in [-0.4, -0.2) is 49.9 Å². The molecule has 0 aliphatic rings. The van der Waals surface area contributed by atoms with E-state index in [0.717, 1.165) is 49.6 Å². The second-order valence-electron chi connectivity index (χ2n) is 7.71. The fourth-order valence-electron chi connectivity index (χ4n) is 2.03. The number of quaternary nitrogens is 1. The molecule has 0 saturated carbocycles. The standard InChI is InChI=1S/C20H30O2.C5H14NO/c1-2-3-4-5-6-7-8-9-10-11-12-13-14-15-16-17-18-19-20(21)22;1-6(2,3)4-5-7/h3-4,6-7,9-10,12-13,15-16H,2,5,8,11,14,17-19H2,1H3,(H,21,22);7H,4-5H2,1-3H3/q;+1/p-1/b4-3-,7-6-,10-9-,13-12-,16-15-;. The largest absolute Gasteiger partial charge is 0.550 e. The minimum atomic E-state index is -0.965. The van der Waals surface area contributed by atoms with Gasteiger partial charge in [-0.05, 0) is 51.4 Å². The lowest BCUT2D eigenvalue weighted by atomic mass is 10.2. The van der Waals surface area contributed by atoms with Crippen LogP contribution < -0.4 is 5.11 Å². The van der Waals surface area contributed by atoms with Gasteiger partial charge in [-0.2, -0.15) is 0 Å². The number of hydrogen-bond donors (Lipinski definition) is 1. The van der Waals surface area contributed by atoms with E-state index in [4.69, 9.17) is 5.11 Å². The molecule has 0 aromatic heterocycles. The minimum absolute atomic E-state index is 0.147. The molecule has 0 aliphatic heterocycles. The summed E-state index contributed by atoms with van der Waals surface area (Å²) >= 11 is 0. The molecule has 0 saturated heterocycles. The van der Waals surface area contributed by atoms with E-state index >= 15 is 0 Å². The maximum Gasteiger partial charge on any atom is 0.101 e. The average molecular weight is 406 g/mol. The molecule has 0 spiro atoms. The van der Waals surface area contributed by atoms with Gasteiger partial charge >= 0.3 is 0 Å². The van der Waals surface area contributed by atoms with Crippen LogP contribution in [-0.2, 0) is 4.79 Å². The van der Waals surface area contributed by atoms with E-state index in [0.29, 0.717) is 6.42 Å². The Morgan fingerprint density at radius 3 is 1.52 bits per heavy atom. The van der Waals surface area contributed by atoms with Gasteiger partial charge in [-0.15, -0.1) is 0 Å². The number of carbonyl (C=O) groups is 1. The average Bonchev–Trinajstić information content (AvgIpc) is 2.63. The quantitative estimate of drug-likeness (QED) is 0.250. The van der Waals surface area contributed by atoms with Gasteiger partial charge in [-0.25, -0.2) is 0 Å². The Labute approximate surface area is 179 Å². The predicted octanol–water partition coefficient (Wildman–Crippen LogP) is 4.34. The van der Waals surface area contributed by atoms with Crippen LogP contribution in [0.25, 0.3) is 0 Å². The number of carbonyl (C=O) groups excluding carboxylic acids is 1. The zero-order valence-corrected chi connectivity index (χ0v) is 19.1. The molecule has 0 rings (SSSR count). The number of unbranched alkanes of at least 4 members (excludes halogenated alkanes) is 1. The first kappa shape index (κ1) is 29.3. The van der Waals surface area contributed by atoms with Gasteiger partial charge in [-0.3, -0.25) is 0 Å². The van der Waals surface area contributed by atoms with Gasteiger partial charge in [0, 0.05) is 5.97 Å². The Bertz CT molecular complexity index is 509. The molecule has 0 aromatic rings. The van der Waals surface area contributed by atoms with Crippen LogP contribution >= 0.6 is 0 Å². The second kappa shape index (κ2) is 22.4. The van der Waals surface area contributed by atoms with Crippen molar-refractivity contribution < 1.29 is 19.5 Å². The van der Waals surface area contributed by atoms with Crippen LogP contribution in [0, 0.1) is 0 Å². The number of nitrogens with zero attached hydrogens (tertiary/aromatic N) is 1. The molecule has 0 amide bonds. The monoisotopic (exact) mass is 405 g/mol. The number of rotatable bonds is 15. The lowest BCUT2D eigenvalue weighted by Gasteiger charge is -2.21. The summed E-state index contributed by atoms with van der Waals surface area (Å²) < 4.78 is 0.844. The summed E-state index contributed by atoms with van der Waals surface area (Å²) in [5, 5.41) is 18.6. The molecule has 0 aromatic carbocycles. The number of carboxylic acid groups (broad SMARTS) is 1. The van der Waals surface area contributed by atoms with Gasteiger partial charge in [-0.1, -0.05) is 67.7 Å². The van der Waals surface area contributed by atoms with Crippen LogP contribution in [0.2, 0.25) is 0 Å².